The Morgan fingerprint density at radius 3 is 2.35 bits per heavy atom. The maximum atomic E-state index is 14.9. The lowest BCUT2D eigenvalue weighted by Gasteiger charge is -2.18. The van der Waals surface area contributed by atoms with Gasteiger partial charge in [-0.05, 0) is 24.6 Å². The maximum Gasteiger partial charge on any atom is 0.422 e. The van der Waals surface area contributed by atoms with Crippen molar-refractivity contribution in [2.45, 2.75) is 26.1 Å². The Morgan fingerprint density at radius 1 is 1.09 bits per heavy atom. The van der Waals surface area contributed by atoms with Crippen LogP contribution in [-0.2, 0) is 17.8 Å². The van der Waals surface area contributed by atoms with Gasteiger partial charge in [-0.3, -0.25) is 9.59 Å². The number of carbonyl (C=O) groups is 2. The molecule has 1 aliphatic heterocycles. The van der Waals surface area contributed by atoms with Gasteiger partial charge in [0.15, 0.2) is 6.61 Å². The number of nitrogens with zero attached hydrogens (tertiary/aromatic N) is 1. The van der Waals surface area contributed by atoms with E-state index < -0.39 is 36.9 Å². The van der Waals surface area contributed by atoms with Crippen LogP contribution in [0.3, 0.4) is 0 Å². The maximum absolute atomic E-state index is 14.9. The summed E-state index contributed by atoms with van der Waals surface area (Å²) in [6, 6.07) is 10.1. The first-order valence-corrected chi connectivity index (χ1v) is 10.3. The van der Waals surface area contributed by atoms with Crippen LogP contribution in [0, 0.1) is 5.82 Å². The van der Waals surface area contributed by atoms with Crippen molar-refractivity contribution < 1.29 is 41.7 Å². The summed E-state index contributed by atoms with van der Waals surface area (Å²) < 4.78 is 64.7. The van der Waals surface area contributed by atoms with E-state index in [4.69, 9.17) is 14.6 Å². The number of alkyl halides is 3. The molecule has 0 bridgehead atoms. The van der Waals surface area contributed by atoms with Crippen molar-refractivity contribution in [2.75, 3.05) is 18.1 Å². The number of carbonyl (C=O) groups excluding carboxylic acids is 1. The van der Waals surface area contributed by atoms with Gasteiger partial charge in [-0.15, -0.1) is 0 Å². The van der Waals surface area contributed by atoms with Crippen LogP contribution >= 0.6 is 0 Å². The molecule has 0 saturated heterocycles. The van der Waals surface area contributed by atoms with Gasteiger partial charge < -0.3 is 19.5 Å². The Hall–Kier alpha value is -3.82. The summed E-state index contributed by atoms with van der Waals surface area (Å²) in [7, 11) is 0. The van der Waals surface area contributed by atoms with Gasteiger partial charge in [0, 0.05) is 16.3 Å². The summed E-state index contributed by atoms with van der Waals surface area (Å²) in [4.78, 5) is 25.4. The van der Waals surface area contributed by atoms with Crippen molar-refractivity contribution in [1.29, 1.82) is 0 Å². The molecule has 1 aliphatic rings. The molecule has 10 heteroatoms. The molecule has 34 heavy (non-hydrogen) atoms. The largest absolute Gasteiger partial charge is 0.493 e. The van der Waals surface area contributed by atoms with E-state index >= 15 is 0 Å². The fourth-order valence-corrected chi connectivity index (χ4v) is 4.03. The number of hydrogen-bond acceptors (Lipinski definition) is 4. The molecule has 0 aliphatic carbocycles. The Morgan fingerprint density at radius 2 is 1.76 bits per heavy atom. The normalized spacial score (nSPS) is 13.3. The van der Waals surface area contributed by atoms with Gasteiger partial charge in [0.05, 0.1) is 30.8 Å². The van der Waals surface area contributed by atoms with E-state index in [0.717, 1.165) is 11.0 Å². The molecular formula is C24H19F4NO5. The quantitative estimate of drug-likeness (QED) is 0.479. The van der Waals surface area contributed by atoms with Crippen molar-refractivity contribution in [2.24, 2.45) is 0 Å². The lowest BCUT2D eigenvalue weighted by Crippen LogP contribution is -2.25. The monoisotopic (exact) mass is 477 g/mol. The molecular weight excluding hydrogens is 458 g/mol. The molecule has 0 unspecified atom stereocenters. The number of anilines is 1. The van der Waals surface area contributed by atoms with Crippen LogP contribution in [0.5, 0.6) is 11.5 Å². The second-order valence-corrected chi connectivity index (χ2v) is 7.64. The average Bonchev–Trinajstić information content (AvgIpc) is 3.09. The topological polar surface area (TPSA) is 76.1 Å². The molecule has 0 atom stereocenters. The summed E-state index contributed by atoms with van der Waals surface area (Å²) in [6.07, 6.45) is -5.04. The molecule has 3 aromatic rings. The van der Waals surface area contributed by atoms with Crippen LogP contribution in [0.1, 0.15) is 28.4 Å². The number of amides is 1. The number of carboxylic acids is 1. The van der Waals surface area contributed by atoms with Crippen molar-refractivity contribution in [3.63, 3.8) is 0 Å². The molecule has 178 valence electrons. The van der Waals surface area contributed by atoms with Crippen LogP contribution in [0.4, 0.5) is 23.2 Å². The SMILES string of the molecule is CCOc1c2c(c(OCC(F)(F)F)c3ccccc13)C(=O)N(c1ccc(CC(=O)O)cc1F)C2. The fraction of sp³-hybridized carbons (Fsp3) is 0.250. The van der Waals surface area contributed by atoms with E-state index in [0.29, 0.717) is 11.1 Å². The number of aliphatic carboxylic acids is 1. The minimum Gasteiger partial charge on any atom is -0.493 e. The van der Waals surface area contributed by atoms with Gasteiger partial charge in [-0.25, -0.2) is 4.39 Å². The zero-order chi connectivity index (χ0) is 24.6. The van der Waals surface area contributed by atoms with Gasteiger partial charge in [0.2, 0.25) is 0 Å². The van der Waals surface area contributed by atoms with Crippen molar-refractivity contribution >= 4 is 28.3 Å². The third kappa shape index (κ3) is 4.35. The third-order valence-electron chi connectivity index (χ3n) is 5.32. The first-order valence-electron chi connectivity index (χ1n) is 10.3. The molecule has 1 N–H and O–H groups in total. The third-order valence-corrected chi connectivity index (χ3v) is 5.32. The Kier molecular flexibility index (Phi) is 6.07. The number of ether oxygens (including phenoxy) is 2. The van der Waals surface area contributed by atoms with E-state index in [9.17, 15) is 27.2 Å². The van der Waals surface area contributed by atoms with E-state index in [1.807, 2.05) is 0 Å². The molecule has 6 nitrogen and oxygen atoms in total. The molecule has 0 saturated carbocycles. The number of benzene rings is 3. The van der Waals surface area contributed by atoms with Crippen LogP contribution < -0.4 is 14.4 Å². The van der Waals surface area contributed by atoms with Crippen LogP contribution in [0.25, 0.3) is 10.8 Å². The molecule has 3 aromatic carbocycles. The predicted molar refractivity (Wildman–Crippen MR) is 115 cm³/mol. The smallest absolute Gasteiger partial charge is 0.422 e. The number of hydrogen-bond donors (Lipinski definition) is 1. The van der Waals surface area contributed by atoms with Crippen LogP contribution in [0.15, 0.2) is 42.5 Å². The van der Waals surface area contributed by atoms with Gasteiger partial charge in [-0.1, -0.05) is 30.3 Å². The summed E-state index contributed by atoms with van der Waals surface area (Å²) >= 11 is 0. The van der Waals surface area contributed by atoms with Crippen LogP contribution in [0.2, 0.25) is 0 Å². The van der Waals surface area contributed by atoms with Gasteiger partial charge in [-0.2, -0.15) is 13.2 Å². The highest BCUT2D eigenvalue weighted by Gasteiger charge is 2.39. The second kappa shape index (κ2) is 8.85. The Balaban J connectivity index is 1.86. The van der Waals surface area contributed by atoms with E-state index in [-0.39, 0.29) is 46.7 Å². The van der Waals surface area contributed by atoms with E-state index in [1.54, 1.807) is 25.1 Å². The second-order valence-electron chi connectivity index (χ2n) is 7.64. The minimum atomic E-state index is -4.64. The lowest BCUT2D eigenvalue weighted by molar-refractivity contribution is -0.153. The van der Waals surface area contributed by atoms with E-state index in [2.05, 4.69) is 0 Å². The Labute approximate surface area is 191 Å². The van der Waals surface area contributed by atoms with Crippen LogP contribution in [-0.4, -0.2) is 36.4 Å². The molecule has 0 fully saturated rings. The highest BCUT2D eigenvalue weighted by molar-refractivity contribution is 6.17. The van der Waals surface area contributed by atoms with Crippen molar-refractivity contribution in [3.8, 4) is 11.5 Å². The Bertz CT molecular complexity index is 1290. The van der Waals surface area contributed by atoms with Gasteiger partial charge in [0.1, 0.15) is 17.3 Å². The molecule has 4 rings (SSSR count). The van der Waals surface area contributed by atoms with Crippen molar-refractivity contribution in [3.05, 3.63) is 65.0 Å². The molecule has 0 spiro atoms. The van der Waals surface area contributed by atoms with E-state index in [1.165, 1.54) is 18.2 Å². The first kappa shape index (κ1) is 23.3. The molecule has 1 heterocycles. The van der Waals surface area contributed by atoms with Gasteiger partial charge in [0.25, 0.3) is 5.91 Å². The minimum absolute atomic E-state index is 0.125. The molecule has 0 radical (unpaired) electrons. The standard InChI is InChI=1S/C24H19F4NO5/c1-2-33-21-14-5-3-4-6-15(14)22(34-12-24(26,27)28)20-16(21)11-29(23(20)32)18-8-7-13(9-17(18)25)10-19(30)31/h3-9H,2,10-12H2,1H3,(H,30,31). The zero-order valence-electron chi connectivity index (χ0n) is 17.9. The highest BCUT2D eigenvalue weighted by atomic mass is 19.4. The fourth-order valence-electron chi connectivity index (χ4n) is 4.03. The summed E-state index contributed by atoms with van der Waals surface area (Å²) in [5, 5.41) is 9.65. The number of fused-ring (bicyclic) bond motifs is 2. The number of carboxylic acid groups (broad SMARTS) is 1. The first-order chi connectivity index (χ1) is 16.1. The molecule has 1 amide bonds. The summed E-state index contributed by atoms with van der Waals surface area (Å²) in [5.74, 6) is -2.66. The predicted octanol–water partition coefficient (Wildman–Crippen LogP) is 5.11. The molecule has 0 aromatic heterocycles. The average molecular weight is 477 g/mol. The summed E-state index contributed by atoms with van der Waals surface area (Å²) in [5.41, 5.74) is 0.230. The summed E-state index contributed by atoms with van der Waals surface area (Å²) in [6.45, 7) is 0.186. The highest BCUT2D eigenvalue weighted by Crippen LogP contribution is 2.46. The zero-order valence-corrected chi connectivity index (χ0v) is 17.9. The number of halogens is 4. The van der Waals surface area contributed by atoms with Crippen molar-refractivity contribution in [1.82, 2.24) is 0 Å². The van der Waals surface area contributed by atoms with Gasteiger partial charge >= 0.3 is 12.1 Å². The number of rotatable bonds is 7. The lowest BCUT2D eigenvalue weighted by atomic mass is 9.99.